The van der Waals surface area contributed by atoms with Crippen molar-refractivity contribution >= 4 is 11.9 Å². The summed E-state index contributed by atoms with van der Waals surface area (Å²) in [6.07, 6.45) is 5.87. The van der Waals surface area contributed by atoms with E-state index < -0.39 is 0 Å². The Labute approximate surface area is 120 Å². The zero-order valence-electron chi connectivity index (χ0n) is 12.6. The van der Waals surface area contributed by atoms with E-state index in [-0.39, 0.29) is 5.78 Å². The maximum absolute atomic E-state index is 11.6. The molecule has 0 spiro atoms. The van der Waals surface area contributed by atoms with Crippen molar-refractivity contribution in [3.63, 3.8) is 0 Å². The fourth-order valence-corrected chi connectivity index (χ4v) is 1.82. The zero-order chi connectivity index (χ0) is 15.0. The zero-order valence-corrected chi connectivity index (χ0v) is 12.6. The lowest BCUT2D eigenvalue weighted by Gasteiger charge is -2.12. The van der Waals surface area contributed by atoms with Crippen LogP contribution in [0.2, 0.25) is 0 Å². The molecule has 0 fully saturated rings. The molecule has 0 heterocycles. The number of ether oxygens (including phenoxy) is 3. The van der Waals surface area contributed by atoms with Gasteiger partial charge >= 0.3 is 0 Å². The van der Waals surface area contributed by atoms with Crippen molar-refractivity contribution in [1.29, 1.82) is 0 Å². The Balaban J connectivity index is 2.96. The Morgan fingerprint density at radius 2 is 1.70 bits per heavy atom. The molecule has 0 radical (unpaired) electrons. The first-order valence-corrected chi connectivity index (χ1v) is 6.67. The van der Waals surface area contributed by atoms with Gasteiger partial charge in [-0.3, -0.25) is 4.79 Å². The number of rotatable bonds is 8. The van der Waals surface area contributed by atoms with Crippen LogP contribution >= 0.6 is 0 Å². The van der Waals surface area contributed by atoms with Crippen LogP contribution in [0.4, 0.5) is 0 Å². The minimum absolute atomic E-state index is 0.126. The second kappa shape index (κ2) is 8.25. The lowest BCUT2D eigenvalue weighted by Crippen LogP contribution is -1.96. The molecule has 0 unspecified atom stereocenters. The average molecular weight is 278 g/mol. The largest absolute Gasteiger partial charge is 0.493 e. The Hall–Kier alpha value is -1.97. The standard InChI is InChI=1S/C16H22O4/c1-5-6-7-13(17)9-8-12-10-14(18-2)16(20-4)15(11-12)19-3/h8-11H,5-7H2,1-4H3/b9-8+. The molecule has 1 aromatic carbocycles. The maximum Gasteiger partial charge on any atom is 0.203 e. The number of hydrogen-bond donors (Lipinski definition) is 0. The summed E-state index contributed by atoms with van der Waals surface area (Å²) in [5.41, 5.74) is 0.837. The summed E-state index contributed by atoms with van der Waals surface area (Å²) in [6.45, 7) is 2.07. The van der Waals surface area contributed by atoms with E-state index in [9.17, 15) is 4.79 Å². The fraction of sp³-hybridized carbons (Fsp3) is 0.438. The number of carbonyl (C=O) groups is 1. The third-order valence-electron chi connectivity index (χ3n) is 2.93. The van der Waals surface area contributed by atoms with Gasteiger partial charge in [-0.25, -0.2) is 0 Å². The van der Waals surface area contributed by atoms with E-state index in [1.165, 1.54) is 0 Å². The summed E-state index contributed by atoms with van der Waals surface area (Å²) in [5, 5.41) is 0. The topological polar surface area (TPSA) is 44.8 Å². The highest BCUT2D eigenvalue weighted by atomic mass is 16.5. The molecule has 0 saturated carbocycles. The molecule has 0 aromatic heterocycles. The summed E-state index contributed by atoms with van der Waals surface area (Å²) in [5.74, 6) is 1.82. The highest BCUT2D eigenvalue weighted by Gasteiger charge is 2.12. The van der Waals surface area contributed by atoms with Crippen molar-refractivity contribution < 1.29 is 19.0 Å². The van der Waals surface area contributed by atoms with Gasteiger partial charge in [0.25, 0.3) is 0 Å². The molecule has 0 saturated heterocycles. The molecule has 1 aromatic rings. The Kier molecular flexibility index (Phi) is 6.64. The molecule has 110 valence electrons. The summed E-state index contributed by atoms with van der Waals surface area (Å²) >= 11 is 0. The van der Waals surface area contributed by atoms with Gasteiger partial charge in [0.2, 0.25) is 5.75 Å². The van der Waals surface area contributed by atoms with Gasteiger partial charge in [0.1, 0.15) is 0 Å². The van der Waals surface area contributed by atoms with Gasteiger partial charge in [0, 0.05) is 6.42 Å². The van der Waals surface area contributed by atoms with Gasteiger partial charge in [-0.1, -0.05) is 19.4 Å². The van der Waals surface area contributed by atoms with Crippen LogP contribution < -0.4 is 14.2 Å². The van der Waals surface area contributed by atoms with Crippen LogP contribution in [0.15, 0.2) is 18.2 Å². The molecule has 0 aliphatic rings. The van der Waals surface area contributed by atoms with Crippen molar-refractivity contribution in [2.24, 2.45) is 0 Å². The molecule has 0 aliphatic carbocycles. The Morgan fingerprint density at radius 3 is 2.15 bits per heavy atom. The third kappa shape index (κ3) is 4.30. The summed E-state index contributed by atoms with van der Waals surface area (Å²) < 4.78 is 15.8. The highest BCUT2D eigenvalue weighted by molar-refractivity contribution is 5.93. The molecular weight excluding hydrogens is 256 g/mol. The number of unbranched alkanes of at least 4 members (excludes halogenated alkanes) is 1. The minimum Gasteiger partial charge on any atom is -0.493 e. The number of allylic oxidation sites excluding steroid dienone is 1. The van der Waals surface area contributed by atoms with Crippen molar-refractivity contribution in [2.45, 2.75) is 26.2 Å². The number of methoxy groups -OCH3 is 3. The van der Waals surface area contributed by atoms with Crippen LogP contribution in [0.25, 0.3) is 6.08 Å². The van der Waals surface area contributed by atoms with Crippen molar-refractivity contribution in [1.82, 2.24) is 0 Å². The lowest BCUT2D eigenvalue weighted by atomic mass is 10.1. The number of carbonyl (C=O) groups excluding carboxylic acids is 1. The van der Waals surface area contributed by atoms with E-state index in [4.69, 9.17) is 14.2 Å². The molecule has 0 atom stereocenters. The van der Waals surface area contributed by atoms with E-state index in [0.29, 0.717) is 23.7 Å². The van der Waals surface area contributed by atoms with Gasteiger partial charge < -0.3 is 14.2 Å². The first-order chi connectivity index (χ1) is 9.65. The predicted molar refractivity (Wildman–Crippen MR) is 79.7 cm³/mol. The maximum atomic E-state index is 11.6. The predicted octanol–water partition coefficient (Wildman–Crippen LogP) is 3.48. The summed E-state index contributed by atoms with van der Waals surface area (Å²) in [6, 6.07) is 3.62. The Morgan fingerprint density at radius 1 is 1.10 bits per heavy atom. The molecule has 0 bridgehead atoms. The number of ketones is 1. The molecule has 0 N–H and O–H groups in total. The van der Waals surface area contributed by atoms with Gasteiger partial charge in [-0.15, -0.1) is 0 Å². The SMILES string of the molecule is CCCCC(=O)/C=C/c1cc(OC)c(OC)c(OC)c1. The Bertz CT molecular complexity index is 452. The summed E-state index contributed by atoms with van der Waals surface area (Å²) in [4.78, 5) is 11.6. The molecule has 20 heavy (non-hydrogen) atoms. The van der Waals surface area contributed by atoms with Crippen molar-refractivity contribution in [3.05, 3.63) is 23.8 Å². The highest BCUT2D eigenvalue weighted by Crippen LogP contribution is 2.38. The molecule has 4 nitrogen and oxygen atoms in total. The van der Waals surface area contributed by atoms with Crippen LogP contribution in [0.5, 0.6) is 17.2 Å². The van der Waals surface area contributed by atoms with E-state index in [1.54, 1.807) is 33.5 Å². The summed E-state index contributed by atoms with van der Waals surface area (Å²) in [7, 11) is 4.69. The fourth-order valence-electron chi connectivity index (χ4n) is 1.82. The lowest BCUT2D eigenvalue weighted by molar-refractivity contribution is -0.114. The second-order valence-corrected chi connectivity index (χ2v) is 4.36. The van der Waals surface area contributed by atoms with E-state index >= 15 is 0 Å². The van der Waals surface area contributed by atoms with Crippen molar-refractivity contribution in [2.75, 3.05) is 21.3 Å². The molecule has 0 aliphatic heterocycles. The van der Waals surface area contributed by atoms with Gasteiger partial charge in [-0.2, -0.15) is 0 Å². The second-order valence-electron chi connectivity index (χ2n) is 4.36. The van der Waals surface area contributed by atoms with E-state index in [2.05, 4.69) is 6.92 Å². The molecule has 0 amide bonds. The molecule has 4 heteroatoms. The number of benzene rings is 1. The molecular formula is C16H22O4. The van der Waals surface area contributed by atoms with Gasteiger partial charge in [0.15, 0.2) is 17.3 Å². The first kappa shape index (κ1) is 16.1. The number of hydrogen-bond acceptors (Lipinski definition) is 4. The average Bonchev–Trinajstić information content (AvgIpc) is 2.49. The van der Waals surface area contributed by atoms with Crippen LogP contribution in [0.1, 0.15) is 31.7 Å². The van der Waals surface area contributed by atoms with Gasteiger partial charge in [0.05, 0.1) is 21.3 Å². The van der Waals surface area contributed by atoms with Gasteiger partial charge in [-0.05, 0) is 30.2 Å². The minimum atomic E-state index is 0.126. The van der Waals surface area contributed by atoms with E-state index in [0.717, 1.165) is 18.4 Å². The smallest absolute Gasteiger partial charge is 0.203 e. The van der Waals surface area contributed by atoms with Crippen molar-refractivity contribution in [3.8, 4) is 17.2 Å². The van der Waals surface area contributed by atoms with Crippen LogP contribution in [-0.4, -0.2) is 27.1 Å². The quantitative estimate of drug-likeness (QED) is 0.683. The first-order valence-electron chi connectivity index (χ1n) is 6.67. The normalized spacial score (nSPS) is 10.6. The van der Waals surface area contributed by atoms with Crippen LogP contribution in [-0.2, 0) is 4.79 Å². The van der Waals surface area contributed by atoms with E-state index in [1.807, 2.05) is 12.1 Å². The van der Waals surface area contributed by atoms with Crippen LogP contribution in [0, 0.1) is 0 Å². The third-order valence-corrected chi connectivity index (χ3v) is 2.93. The molecule has 1 rings (SSSR count). The van der Waals surface area contributed by atoms with Crippen LogP contribution in [0.3, 0.4) is 0 Å². The monoisotopic (exact) mass is 278 g/mol.